The van der Waals surface area contributed by atoms with Crippen molar-refractivity contribution in [1.29, 1.82) is 0 Å². The van der Waals surface area contributed by atoms with Crippen molar-refractivity contribution in [1.82, 2.24) is 0 Å². The molecular formula is C11H11FN2O2. The van der Waals surface area contributed by atoms with Crippen LogP contribution in [0.3, 0.4) is 0 Å². The predicted octanol–water partition coefficient (Wildman–Crippen LogP) is 2.46. The topological polar surface area (TPSA) is 58.9 Å². The number of halogens is 1. The van der Waals surface area contributed by atoms with Gasteiger partial charge < -0.3 is 0 Å². The summed E-state index contributed by atoms with van der Waals surface area (Å²) in [6.45, 7) is 2.48. The summed E-state index contributed by atoms with van der Waals surface area (Å²) >= 11 is 0. The second kappa shape index (κ2) is 5.25. The summed E-state index contributed by atoms with van der Waals surface area (Å²) in [6.07, 6.45) is 0. The minimum atomic E-state index is -1.14. The number of hydrogen-bond acceptors (Lipinski definition) is 4. The fourth-order valence-electron chi connectivity index (χ4n) is 1.10. The third-order valence-electron chi connectivity index (χ3n) is 1.90. The average molecular weight is 222 g/mol. The van der Waals surface area contributed by atoms with E-state index in [1.165, 1.54) is 32.0 Å². The number of benzene rings is 1. The molecule has 0 aliphatic carbocycles. The van der Waals surface area contributed by atoms with Crippen LogP contribution in [0.15, 0.2) is 34.5 Å². The molecule has 0 aliphatic heterocycles. The van der Waals surface area contributed by atoms with E-state index in [0.29, 0.717) is 0 Å². The number of carbonyl (C=O) groups is 2. The summed E-state index contributed by atoms with van der Waals surface area (Å²) in [5, 5.41) is 7.10. The van der Waals surface area contributed by atoms with E-state index in [0.717, 1.165) is 0 Å². The van der Waals surface area contributed by atoms with Crippen LogP contribution < -0.4 is 0 Å². The molecule has 0 unspecified atom stereocenters. The summed E-state index contributed by atoms with van der Waals surface area (Å²) in [5.74, 6) is -1.36. The lowest BCUT2D eigenvalue weighted by atomic mass is 10.1. The van der Waals surface area contributed by atoms with E-state index >= 15 is 0 Å². The zero-order valence-corrected chi connectivity index (χ0v) is 8.98. The van der Waals surface area contributed by atoms with Gasteiger partial charge in [0, 0.05) is 0 Å². The molecule has 0 saturated heterocycles. The van der Waals surface area contributed by atoms with Crippen LogP contribution in [0.1, 0.15) is 13.8 Å². The summed E-state index contributed by atoms with van der Waals surface area (Å²) in [6, 6.07) is 4.61. The van der Waals surface area contributed by atoms with Gasteiger partial charge in [0.2, 0.25) is 0 Å². The van der Waals surface area contributed by atoms with Crippen LogP contribution in [-0.2, 0) is 9.59 Å². The standard InChI is InChI=1S/C11H11FN2O2/c1-7(15)11(8(2)16)14-13-10-6-4-3-5-9(10)12/h3-6,11H,1-2H3. The van der Waals surface area contributed by atoms with Crippen molar-refractivity contribution in [2.45, 2.75) is 19.9 Å². The molecular weight excluding hydrogens is 211 g/mol. The van der Waals surface area contributed by atoms with Gasteiger partial charge in [-0.05, 0) is 26.0 Å². The first-order chi connectivity index (χ1) is 7.52. The summed E-state index contributed by atoms with van der Waals surface area (Å²) < 4.78 is 13.1. The Hall–Kier alpha value is -1.91. The molecule has 0 N–H and O–H groups in total. The van der Waals surface area contributed by atoms with Crippen molar-refractivity contribution in [2.24, 2.45) is 10.2 Å². The van der Waals surface area contributed by atoms with Crippen molar-refractivity contribution in [3.05, 3.63) is 30.1 Å². The molecule has 0 bridgehead atoms. The molecule has 0 fully saturated rings. The van der Waals surface area contributed by atoms with Crippen LogP contribution in [0.4, 0.5) is 10.1 Å². The third-order valence-corrected chi connectivity index (χ3v) is 1.90. The maximum Gasteiger partial charge on any atom is 0.187 e. The van der Waals surface area contributed by atoms with E-state index in [1.54, 1.807) is 6.07 Å². The van der Waals surface area contributed by atoms with Gasteiger partial charge in [0.15, 0.2) is 23.4 Å². The van der Waals surface area contributed by atoms with Crippen LogP contribution in [0.25, 0.3) is 0 Å². The van der Waals surface area contributed by atoms with E-state index in [2.05, 4.69) is 10.2 Å². The van der Waals surface area contributed by atoms with Gasteiger partial charge in [-0.1, -0.05) is 12.1 Å². The Labute approximate surface area is 92.2 Å². The zero-order valence-electron chi connectivity index (χ0n) is 8.98. The highest BCUT2D eigenvalue weighted by Crippen LogP contribution is 2.17. The Morgan fingerprint density at radius 2 is 1.75 bits per heavy atom. The number of rotatable bonds is 4. The maximum atomic E-state index is 13.1. The number of hydrogen-bond donors (Lipinski definition) is 0. The molecule has 0 amide bonds. The number of ketones is 2. The molecule has 0 spiro atoms. The normalized spacial score (nSPS) is 11.0. The lowest BCUT2D eigenvalue weighted by Crippen LogP contribution is -2.23. The molecule has 0 heterocycles. The Bertz CT molecular complexity index is 429. The lowest BCUT2D eigenvalue weighted by molar-refractivity contribution is -0.126. The highest BCUT2D eigenvalue weighted by Gasteiger charge is 2.18. The van der Waals surface area contributed by atoms with Crippen LogP contribution in [0.2, 0.25) is 0 Å². The van der Waals surface area contributed by atoms with Gasteiger partial charge in [-0.2, -0.15) is 10.2 Å². The highest BCUT2D eigenvalue weighted by molar-refractivity contribution is 6.04. The van der Waals surface area contributed by atoms with Gasteiger partial charge in [0.05, 0.1) is 0 Å². The van der Waals surface area contributed by atoms with Gasteiger partial charge in [0.25, 0.3) is 0 Å². The van der Waals surface area contributed by atoms with Crippen molar-refractivity contribution < 1.29 is 14.0 Å². The van der Waals surface area contributed by atoms with Gasteiger partial charge in [-0.3, -0.25) is 9.59 Å². The molecule has 0 radical (unpaired) electrons. The minimum absolute atomic E-state index is 0.00926. The largest absolute Gasteiger partial charge is 0.297 e. The van der Waals surface area contributed by atoms with E-state index in [4.69, 9.17) is 0 Å². The van der Waals surface area contributed by atoms with Gasteiger partial charge in [-0.15, -0.1) is 0 Å². The van der Waals surface area contributed by atoms with Crippen LogP contribution >= 0.6 is 0 Å². The molecule has 0 atom stereocenters. The molecule has 0 saturated carbocycles. The summed E-state index contributed by atoms with van der Waals surface area (Å²) in [7, 11) is 0. The first kappa shape index (κ1) is 12.2. The minimum Gasteiger partial charge on any atom is -0.297 e. The lowest BCUT2D eigenvalue weighted by Gasteiger charge is -2.01. The van der Waals surface area contributed by atoms with Crippen molar-refractivity contribution in [3.8, 4) is 0 Å². The van der Waals surface area contributed by atoms with Crippen molar-refractivity contribution in [2.75, 3.05) is 0 Å². The van der Waals surface area contributed by atoms with Crippen molar-refractivity contribution in [3.63, 3.8) is 0 Å². The first-order valence-electron chi connectivity index (χ1n) is 4.68. The number of nitrogens with zero attached hydrogens (tertiary/aromatic N) is 2. The van der Waals surface area contributed by atoms with Crippen molar-refractivity contribution >= 4 is 17.3 Å². The number of Topliss-reactive ketones (excluding diaryl/α,β-unsaturated/α-hetero) is 2. The van der Waals surface area contributed by atoms with E-state index < -0.39 is 23.4 Å². The molecule has 0 aliphatic rings. The fourth-order valence-corrected chi connectivity index (χ4v) is 1.10. The maximum absolute atomic E-state index is 13.1. The van der Waals surface area contributed by atoms with E-state index in [-0.39, 0.29) is 5.69 Å². The predicted molar refractivity (Wildman–Crippen MR) is 56.1 cm³/mol. The Morgan fingerprint density at radius 3 is 2.25 bits per heavy atom. The molecule has 1 aromatic carbocycles. The third kappa shape index (κ3) is 3.05. The smallest absolute Gasteiger partial charge is 0.187 e. The molecule has 0 aromatic heterocycles. The van der Waals surface area contributed by atoms with Crippen LogP contribution in [-0.4, -0.2) is 17.6 Å². The first-order valence-corrected chi connectivity index (χ1v) is 4.68. The second-order valence-corrected chi connectivity index (χ2v) is 3.29. The Balaban J connectivity index is 2.91. The molecule has 1 aromatic rings. The Morgan fingerprint density at radius 1 is 1.19 bits per heavy atom. The van der Waals surface area contributed by atoms with Crippen LogP contribution in [0, 0.1) is 5.82 Å². The SMILES string of the molecule is CC(=O)C(N=Nc1ccccc1F)C(C)=O. The van der Waals surface area contributed by atoms with Gasteiger partial charge in [0.1, 0.15) is 5.69 Å². The van der Waals surface area contributed by atoms with Crippen LogP contribution in [0.5, 0.6) is 0 Å². The van der Waals surface area contributed by atoms with Gasteiger partial charge >= 0.3 is 0 Å². The quantitative estimate of drug-likeness (QED) is 0.580. The van der Waals surface area contributed by atoms with E-state index in [1.807, 2.05) is 0 Å². The van der Waals surface area contributed by atoms with E-state index in [9.17, 15) is 14.0 Å². The summed E-state index contributed by atoms with van der Waals surface area (Å²) in [4.78, 5) is 22.0. The molecule has 4 nitrogen and oxygen atoms in total. The van der Waals surface area contributed by atoms with Gasteiger partial charge in [-0.25, -0.2) is 4.39 Å². The average Bonchev–Trinajstić information content (AvgIpc) is 2.20. The zero-order chi connectivity index (χ0) is 12.1. The molecule has 5 heteroatoms. The fraction of sp³-hybridized carbons (Fsp3) is 0.273. The number of carbonyl (C=O) groups excluding carboxylic acids is 2. The molecule has 84 valence electrons. The second-order valence-electron chi connectivity index (χ2n) is 3.29. The molecule has 1 rings (SSSR count). The number of azo groups is 1. The Kier molecular flexibility index (Phi) is 3.99. The monoisotopic (exact) mass is 222 g/mol. The molecule has 16 heavy (non-hydrogen) atoms. The highest BCUT2D eigenvalue weighted by atomic mass is 19.1. The summed E-state index contributed by atoms with van der Waals surface area (Å²) in [5.41, 5.74) is 0.00926.